The molecule has 0 atom stereocenters. The van der Waals surface area contributed by atoms with Crippen LogP contribution in [0.25, 0.3) is 10.2 Å². The molecule has 35 heavy (non-hydrogen) atoms. The van der Waals surface area contributed by atoms with E-state index in [0.717, 1.165) is 54.6 Å². The van der Waals surface area contributed by atoms with Gasteiger partial charge in [-0.05, 0) is 75.6 Å². The van der Waals surface area contributed by atoms with E-state index in [1.165, 1.54) is 11.1 Å². The van der Waals surface area contributed by atoms with Crippen LogP contribution in [-0.2, 0) is 4.74 Å². The first kappa shape index (κ1) is 25.4. The van der Waals surface area contributed by atoms with E-state index in [1.54, 1.807) is 17.4 Å². The molecule has 0 spiro atoms. The number of amides is 1. The van der Waals surface area contributed by atoms with E-state index in [1.807, 2.05) is 30.9 Å². The normalized spacial score (nSPS) is 14.3. The van der Waals surface area contributed by atoms with Crippen LogP contribution < -0.4 is 14.4 Å². The van der Waals surface area contributed by atoms with Gasteiger partial charge in [-0.25, -0.2) is 4.98 Å². The Kier molecular flexibility index (Phi) is 8.59. The van der Waals surface area contributed by atoms with E-state index in [2.05, 4.69) is 30.9 Å². The molecule has 0 radical (unpaired) electrons. The molecule has 3 aromatic rings. The number of aromatic nitrogens is 1. The first-order valence-electron chi connectivity index (χ1n) is 12.4. The van der Waals surface area contributed by atoms with Crippen molar-refractivity contribution < 1.29 is 19.0 Å². The van der Waals surface area contributed by atoms with Gasteiger partial charge in [0, 0.05) is 31.7 Å². The van der Waals surface area contributed by atoms with Gasteiger partial charge in [-0.2, -0.15) is 0 Å². The SMILES string of the molecule is CCOc1ccc(C(=O)N(CCCN2CCOCC2)c2nc3cc(C)c(C)cc3s2)cc1OCC. The Hall–Kier alpha value is -2.68. The molecule has 0 N–H and O–H groups in total. The summed E-state index contributed by atoms with van der Waals surface area (Å²) in [5.74, 6) is 1.16. The predicted octanol–water partition coefficient (Wildman–Crippen LogP) is 5.08. The molecule has 7 nitrogen and oxygen atoms in total. The molecule has 1 aliphatic heterocycles. The van der Waals surface area contributed by atoms with Crippen LogP contribution in [0.5, 0.6) is 11.5 Å². The van der Waals surface area contributed by atoms with Crippen LogP contribution in [0, 0.1) is 13.8 Å². The number of nitrogens with zero attached hydrogens (tertiary/aromatic N) is 3. The molecule has 1 amide bonds. The van der Waals surface area contributed by atoms with Gasteiger partial charge >= 0.3 is 0 Å². The van der Waals surface area contributed by atoms with Crippen LogP contribution in [0.3, 0.4) is 0 Å². The molecule has 0 saturated carbocycles. The summed E-state index contributed by atoms with van der Waals surface area (Å²) in [7, 11) is 0. The number of ether oxygens (including phenoxy) is 3. The molecule has 0 unspecified atom stereocenters. The zero-order chi connectivity index (χ0) is 24.8. The molecule has 0 bridgehead atoms. The number of carbonyl (C=O) groups excluding carboxylic acids is 1. The van der Waals surface area contributed by atoms with Crippen LogP contribution in [-0.4, -0.2) is 68.4 Å². The zero-order valence-electron chi connectivity index (χ0n) is 21.1. The lowest BCUT2D eigenvalue weighted by Gasteiger charge is -2.27. The average molecular weight is 498 g/mol. The largest absolute Gasteiger partial charge is 0.490 e. The standard InChI is InChI=1S/C27H35N3O4S/c1-5-33-23-9-8-21(18-24(23)34-6-2)26(31)30(11-7-10-29-12-14-32-15-13-29)27-28-22-16-19(3)20(4)17-25(22)35-27/h8-9,16-18H,5-7,10-15H2,1-4H3. The highest BCUT2D eigenvalue weighted by Crippen LogP contribution is 2.33. The zero-order valence-corrected chi connectivity index (χ0v) is 22.0. The monoisotopic (exact) mass is 497 g/mol. The number of anilines is 1. The molecule has 1 aromatic heterocycles. The minimum absolute atomic E-state index is 0.0801. The van der Waals surface area contributed by atoms with Crippen molar-refractivity contribution in [3.63, 3.8) is 0 Å². The van der Waals surface area contributed by atoms with E-state index >= 15 is 0 Å². The number of morpholine rings is 1. The van der Waals surface area contributed by atoms with Gasteiger partial charge in [-0.15, -0.1) is 0 Å². The molecular formula is C27H35N3O4S. The highest BCUT2D eigenvalue weighted by Gasteiger charge is 2.23. The maximum absolute atomic E-state index is 13.8. The molecule has 8 heteroatoms. The second-order valence-corrected chi connectivity index (χ2v) is 9.70. The maximum Gasteiger partial charge on any atom is 0.260 e. The summed E-state index contributed by atoms with van der Waals surface area (Å²) in [5, 5.41) is 0.726. The molecule has 4 rings (SSSR count). The lowest BCUT2D eigenvalue weighted by atomic mass is 10.1. The van der Waals surface area contributed by atoms with Crippen LogP contribution in [0.1, 0.15) is 41.8 Å². The third kappa shape index (κ3) is 6.12. The van der Waals surface area contributed by atoms with Crippen molar-refractivity contribution in [2.45, 2.75) is 34.1 Å². The molecular weight excluding hydrogens is 462 g/mol. The van der Waals surface area contributed by atoms with Crippen molar-refractivity contribution in [2.75, 3.05) is 57.5 Å². The van der Waals surface area contributed by atoms with Crippen molar-refractivity contribution in [1.82, 2.24) is 9.88 Å². The number of thiazole rings is 1. The minimum atomic E-state index is -0.0801. The number of hydrogen-bond acceptors (Lipinski definition) is 7. The summed E-state index contributed by atoms with van der Waals surface area (Å²) in [6, 6.07) is 9.68. The first-order chi connectivity index (χ1) is 17.0. The first-order valence-corrected chi connectivity index (χ1v) is 13.2. The number of benzene rings is 2. The van der Waals surface area contributed by atoms with E-state index < -0.39 is 0 Å². The van der Waals surface area contributed by atoms with Gasteiger partial charge < -0.3 is 14.2 Å². The van der Waals surface area contributed by atoms with Crippen molar-refractivity contribution in [3.05, 3.63) is 47.0 Å². The smallest absolute Gasteiger partial charge is 0.260 e. The predicted molar refractivity (Wildman–Crippen MR) is 141 cm³/mol. The van der Waals surface area contributed by atoms with Gasteiger partial charge in [-0.3, -0.25) is 14.6 Å². The Morgan fingerprint density at radius 2 is 1.77 bits per heavy atom. The lowest BCUT2D eigenvalue weighted by molar-refractivity contribution is 0.0376. The Balaban J connectivity index is 1.62. The van der Waals surface area contributed by atoms with Crippen LogP contribution in [0.4, 0.5) is 5.13 Å². The minimum Gasteiger partial charge on any atom is -0.490 e. The third-order valence-corrected chi connectivity index (χ3v) is 7.26. The number of aryl methyl sites for hydroxylation is 2. The fourth-order valence-corrected chi connectivity index (χ4v) is 5.25. The van der Waals surface area contributed by atoms with Crippen LogP contribution in [0.15, 0.2) is 30.3 Å². The second-order valence-electron chi connectivity index (χ2n) is 8.69. The van der Waals surface area contributed by atoms with Gasteiger partial charge in [0.1, 0.15) is 0 Å². The van der Waals surface area contributed by atoms with Crippen molar-refractivity contribution in [1.29, 1.82) is 0 Å². The summed E-state index contributed by atoms with van der Waals surface area (Å²) < 4.78 is 18.0. The van der Waals surface area contributed by atoms with Gasteiger partial charge in [0.05, 0.1) is 36.6 Å². The topological polar surface area (TPSA) is 64.1 Å². The van der Waals surface area contributed by atoms with E-state index in [4.69, 9.17) is 19.2 Å². The molecule has 0 aliphatic carbocycles. The average Bonchev–Trinajstić information content (AvgIpc) is 3.26. The number of hydrogen-bond donors (Lipinski definition) is 0. The maximum atomic E-state index is 13.8. The highest BCUT2D eigenvalue weighted by atomic mass is 32.1. The summed E-state index contributed by atoms with van der Waals surface area (Å²) in [4.78, 5) is 22.9. The van der Waals surface area contributed by atoms with Crippen molar-refractivity contribution in [3.8, 4) is 11.5 Å². The molecule has 2 heterocycles. The summed E-state index contributed by atoms with van der Waals surface area (Å²) >= 11 is 1.57. The summed E-state index contributed by atoms with van der Waals surface area (Å²) in [5.41, 5.74) is 3.92. The molecule has 1 fully saturated rings. The number of rotatable bonds is 10. The van der Waals surface area contributed by atoms with Gasteiger partial charge in [-0.1, -0.05) is 11.3 Å². The number of fused-ring (bicyclic) bond motifs is 1. The Morgan fingerprint density at radius 1 is 1.06 bits per heavy atom. The van der Waals surface area contributed by atoms with E-state index in [-0.39, 0.29) is 5.91 Å². The van der Waals surface area contributed by atoms with E-state index in [9.17, 15) is 4.79 Å². The second kappa shape index (κ2) is 11.8. The third-order valence-electron chi connectivity index (χ3n) is 6.22. The van der Waals surface area contributed by atoms with Crippen LogP contribution in [0.2, 0.25) is 0 Å². The molecule has 2 aromatic carbocycles. The van der Waals surface area contributed by atoms with Crippen LogP contribution >= 0.6 is 11.3 Å². The quantitative estimate of drug-likeness (QED) is 0.389. The van der Waals surface area contributed by atoms with Gasteiger partial charge in [0.25, 0.3) is 5.91 Å². The lowest BCUT2D eigenvalue weighted by Crippen LogP contribution is -2.39. The highest BCUT2D eigenvalue weighted by molar-refractivity contribution is 7.22. The Morgan fingerprint density at radius 3 is 2.51 bits per heavy atom. The molecule has 1 aliphatic rings. The fourth-order valence-electron chi connectivity index (χ4n) is 4.18. The fraction of sp³-hybridized carbons (Fsp3) is 0.481. The summed E-state index contributed by atoms with van der Waals surface area (Å²) in [6.07, 6.45) is 0.856. The van der Waals surface area contributed by atoms with Gasteiger partial charge in [0.2, 0.25) is 0 Å². The van der Waals surface area contributed by atoms with Crippen molar-refractivity contribution >= 4 is 32.6 Å². The Labute approximate surface area is 211 Å². The molecule has 188 valence electrons. The Bertz CT molecular complexity index is 1120. The van der Waals surface area contributed by atoms with Gasteiger partial charge in [0.15, 0.2) is 16.6 Å². The van der Waals surface area contributed by atoms with E-state index in [0.29, 0.717) is 36.8 Å². The van der Waals surface area contributed by atoms with Crippen molar-refractivity contribution in [2.24, 2.45) is 0 Å². The summed E-state index contributed by atoms with van der Waals surface area (Å²) in [6.45, 7) is 14.0. The number of carbonyl (C=O) groups is 1. The molecule has 1 saturated heterocycles.